The summed E-state index contributed by atoms with van der Waals surface area (Å²) in [6, 6.07) is 8.26. The van der Waals surface area contributed by atoms with Crippen LogP contribution in [0.25, 0.3) is 0 Å². The van der Waals surface area contributed by atoms with Gasteiger partial charge in [-0.2, -0.15) is 0 Å². The van der Waals surface area contributed by atoms with E-state index in [0.29, 0.717) is 44.2 Å². The summed E-state index contributed by atoms with van der Waals surface area (Å²) < 4.78 is 0. The maximum atomic E-state index is 12.7. The number of hydrogen-bond acceptors (Lipinski definition) is 4. The lowest BCUT2D eigenvalue weighted by Crippen LogP contribution is -2.38. The number of carbonyl (C=O) groups is 2. The van der Waals surface area contributed by atoms with Gasteiger partial charge in [0, 0.05) is 38.6 Å². The van der Waals surface area contributed by atoms with Crippen LogP contribution in [0.5, 0.6) is 0 Å². The molecule has 2 amide bonds. The van der Waals surface area contributed by atoms with Gasteiger partial charge in [-0.3, -0.25) is 14.6 Å². The lowest BCUT2D eigenvalue weighted by molar-refractivity contribution is -0.130. The Kier molecular flexibility index (Phi) is 6.16. The van der Waals surface area contributed by atoms with E-state index < -0.39 is 0 Å². The molecule has 1 aromatic carbocycles. The summed E-state index contributed by atoms with van der Waals surface area (Å²) >= 11 is 0. The van der Waals surface area contributed by atoms with Gasteiger partial charge in [-0.25, -0.2) is 4.98 Å². The molecule has 0 bridgehead atoms. The lowest BCUT2D eigenvalue weighted by atomic mass is 10.0. The SMILES string of the molecule is CC(C)c1ccc(CC(=O)N2CCCN(C(=O)c3cnccn3)CC2)cc1. The molecule has 3 rings (SSSR count). The number of aromatic nitrogens is 2. The van der Waals surface area contributed by atoms with Crippen LogP contribution < -0.4 is 0 Å². The largest absolute Gasteiger partial charge is 0.341 e. The highest BCUT2D eigenvalue weighted by molar-refractivity contribution is 5.92. The van der Waals surface area contributed by atoms with Gasteiger partial charge in [-0.05, 0) is 23.5 Å². The maximum Gasteiger partial charge on any atom is 0.274 e. The minimum Gasteiger partial charge on any atom is -0.341 e. The Morgan fingerprint density at radius 3 is 2.37 bits per heavy atom. The Balaban J connectivity index is 1.57. The first-order chi connectivity index (χ1) is 13.0. The van der Waals surface area contributed by atoms with E-state index in [1.165, 1.54) is 18.0 Å². The van der Waals surface area contributed by atoms with E-state index in [1.807, 2.05) is 17.0 Å². The molecular formula is C21H26N4O2. The van der Waals surface area contributed by atoms with Crippen molar-refractivity contribution in [1.29, 1.82) is 0 Å². The molecule has 0 unspecified atom stereocenters. The molecule has 142 valence electrons. The third-order valence-electron chi connectivity index (χ3n) is 4.92. The van der Waals surface area contributed by atoms with Gasteiger partial charge >= 0.3 is 0 Å². The van der Waals surface area contributed by atoms with Crippen molar-refractivity contribution in [2.45, 2.75) is 32.6 Å². The molecule has 1 aliphatic rings. The molecule has 0 aliphatic carbocycles. The normalized spacial score (nSPS) is 14.9. The molecule has 0 saturated carbocycles. The molecule has 0 spiro atoms. The minimum absolute atomic E-state index is 0.112. The van der Waals surface area contributed by atoms with Crippen molar-refractivity contribution < 1.29 is 9.59 Å². The molecule has 2 aromatic rings. The molecule has 1 aliphatic heterocycles. The quantitative estimate of drug-likeness (QED) is 0.834. The Bertz CT molecular complexity index is 775. The van der Waals surface area contributed by atoms with Gasteiger partial charge in [0.15, 0.2) is 0 Å². The smallest absolute Gasteiger partial charge is 0.274 e. The molecule has 2 heterocycles. The number of carbonyl (C=O) groups excluding carboxylic acids is 2. The molecule has 0 N–H and O–H groups in total. The van der Waals surface area contributed by atoms with E-state index in [0.717, 1.165) is 12.0 Å². The third kappa shape index (κ3) is 4.90. The van der Waals surface area contributed by atoms with E-state index in [1.54, 1.807) is 11.1 Å². The fourth-order valence-electron chi connectivity index (χ4n) is 3.25. The second-order valence-electron chi connectivity index (χ2n) is 7.19. The molecule has 6 heteroatoms. The Morgan fingerprint density at radius 2 is 1.70 bits per heavy atom. The monoisotopic (exact) mass is 366 g/mol. The standard InChI is InChI=1S/C21H26N4O2/c1-16(2)18-6-4-17(5-7-18)14-20(26)24-10-3-11-25(13-12-24)21(27)19-15-22-8-9-23-19/h4-9,15-16H,3,10-14H2,1-2H3. The van der Waals surface area contributed by atoms with Crippen LogP contribution in [0, 0.1) is 0 Å². The summed E-state index contributed by atoms with van der Waals surface area (Å²) in [5, 5.41) is 0. The molecule has 1 aromatic heterocycles. The highest BCUT2D eigenvalue weighted by Crippen LogP contribution is 2.16. The highest BCUT2D eigenvalue weighted by Gasteiger charge is 2.23. The summed E-state index contributed by atoms with van der Waals surface area (Å²) in [7, 11) is 0. The van der Waals surface area contributed by atoms with Crippen LogP contribution in [0.1, 0.15) is 47.8 Å². The Labute approximate surface area is 160 Å². The van der Waals surface area contributed by atoms with Gasteiger partial charge in [0.2, 0.25) is 5.91 Å². The fraction of sp³-hybridized carbons (Fsp3) is 0.429. The molecule has 27 heavy (non-hydrogen) atoms. The van der Waals surface area contributed by atoms with E-state index in [-0.39, 0.29) is 11.8 Å². The molecule has 6 nitrogen and oxygen atoms in total. The van der Waals surface area contributed by atoms with Crippen LogP contribution in [-0.4, -0.2) is 57.8 Å². The van der Waals surface area contributed by atoms with Gasteiger partial charge < -0.3 is 9.80 Å². The van der Waals surface area contributed by atoms with Gasteiger partial charge in [0.05, 0.1) is 12.6 Å². The predicted octanol–water partition coefficient (Wildman–Crippen LogP) is 2.52. The average molecular weight is 366 g/mol. The van der Waals surface area contributed by atoms with E-state index in [9.17, 15) is 9.59 Å². The van der Waals surface area contributed by atoms with Crippen molar-refractivity contribution in [2.24, 2.45) is 0 Å². The number of nitrogens with zero attached hydrogens (tertiary/aromatic N) is 4. The molecule has 1 fully saturated rings. The van der Waals surface area contributed by atoms with E-state index >= 15 is 0 Å². The van der Waals surface area contributed by atoms with Crippen LogP contribution >= 0.6 is 0 Å². The summed E-state index contributed by atoms with van der Waals surface area (Å²) in [6.45, 7) is 6.69. The minimum atomic E-state index is -0.123. The number of hydrogen-bond donors (Lipinski definition) is 0. The number of rotatable bonds is 4. The lowest BCUT2D eigenvalue weighted by Gasteiger charge is -2.22. The second-order valence-corrected chi connectivity index (χ2v) is 7.19. The summed E-state index contributed by atoms with van der Waals surface area (Å²) in [4.78, 5) is 36.9. The molecule has 0 atom stereocenters. The summed E-state index contributed by atoms with van der Waals surface area (Å²) in [6.07, 6.45) is 5.72. The summed E-state index contributed by atoms with van der Waals surface area (Å²) in [5.74, 6) is 0.473. The molecule has 0 radical (unpaired) electrons. The Hall–Kier alpha value is -2.76. The predicted molar refractivity (Wildman–Crippen MR) is 103 cm³/mol. The Morgan fingerprint density at radius 1 is 1.00 bits per heavy atom. The first-order valence-corrected chi connectivity index (χ1v) is 9.46. The van der Waals surface area contributed by atoms with Crippen molar-refractivity contribution in [3.05, 3.63) is 59.7 Å². The van der Waals surface area contributed by atoms with E-state index in [4.69, 9.17) is 0 Å². The van der Waals surface area contributed by atoms with Gasteiger partial charge in [-0.15, -0.1) is 0 Å². The zero-order valence-electron chi connectivity index (χ0n) is 16.0. The zero-order valence-corrected chi connectivity index (χ0v) is 16.0. The maximum absolute atomic E-state index is 12.7. The van der Waals surface area contributed by atoms with Crippen molar-refractivity contribution in [1.82, 2.24) is 19.8 Å². The van der Waals surface area contributed by atoms with Crippen LogP contribution in [0.2, 0.25) is 0 Å². The van der Waals surface area contributed by atoms with Gasteiger partial charge in [0.1, 0.15) is 5.69 Å². The topological polar surface area (TPSA) is 66.4 Å². The van der Waals surface area contributed by atoms with E-state index in [2.05, 4.69) is 35.9 Å². The van der Waals surface area contributed by atoms with Crippen molar-refractivity contribution in [3.63, 3.8) is 0 Å². The van der Waals surface area contributed by atoms with Crippen molar-refractivity contribution in [2.75, 3.05) is 26.2 Å². The molecule has 1 saturated heterocycles. The van der Waals surface area contributed by atoms with Crippen LogP contribution in [0.3, 0.4) is 0 Å². The van der Waals surface area contributed by atoms with Gasteiger partial charge in [-0.1, -0.05) is 38.1 Å². The summed E-state index contributed by atoms with van der Waals surface area (Å²) in [5.41, 5.74) is 2.66. The average Bonchev–Trinajstić information content (AvgIpc) is 2.95. The molecular weight excluding hydrogens is 340 g/mol. The third-order valence-corrected chi connectivity index (χ3v) is 4.92. The number of amides is 2. The zero-order chi connectivity index (χ0) is 19.2. The van der Waals surface area contributed by atoms with Crippen LogP contribution in [0.15, 0.2) is 42.9 Å². The number of benzene rings is 1. The highest BCUT2D eigenvalue weighted by atomic mass is 16.2. The van der Waals surface area contributed by atoms with Crippen LogP contribution in [-0.2, 0) is 11.2 Å². The van der Waals surface area contributed by atoms with Crippen molar-refractivity contribution >= 4 is 11.8 Å². The second kappa shape index (κ2) is 8.75. The first kappa shape index (κ1) is 19.0. The first-order valence-electron chi connectivity index (χ1n) is 9.46. The fourth-order valence-corrected chi connectivity index (χ4v) is 3.25. The van der Waals surface area contributed by atoms with Gasteiger partial charge in [0.25, 0.3) is 5.91 Å². The van der Waals surface area contributed by atoms with Crippen LogP contribution in [0.4, 0.5) is 0 Å². The van der Waals surface area contributed by atoms with Crippen molar-refractivity contribution in [3.8, 4) is 0 Å².